The Bertz CT molecular complexity index is 505. The van der Waals surface area contributed by atoms with E-state index in [2.05, 4.69) is 10.3 Å². The molecule has 3 unspecified atom stereocenters. The smallest absolute Gasteiger partial charge is 0.276 e. The summed E-state index contributed by atoms with van der Waals surface area (Å²) in [5.74, 6) is 3.11. The second-order valence-electron chi connectivity index (χ2n) is 5.71. The lowest BCUT2D eigenvalue weighted by Crippen LogP contribution is -2.20. The number of hydrogen-bond acceptors (Lipinski definition) is 5. The molecule has 6 nitrogen and oxygen atoms in total. The Hall–Kier alpha value is -1.85. The standard InChI is InChI=1S/C13H18N4O2/c14-12-5-11(17(18)19)6-13(16-12)15-7-10-4-8-1-2-9(10)3-8/h5-6,8-10H,1-4,7H2,(H3,14,15,16). The summed E-state index contributed by atoms with van der Waals surface area (Å²) in [6.07, 6.45) is 5.35. The number of nitrogens with zero attached hydrogens (tertiary/aromatic N) is 2. The molecule has 2 aliphatic rings. The largest absolute Gasteiger partial charge is 0.383 e. The maximum Gasteiger partial charge on any atom is 0.276 e. The predicted molar refractivity (Wildman–Crippen MR) is 72.7 cm³/mol. The van der Waals surface area contributed by atoms with Gasteiger partial charge < -0.3 is 11.1 Å². The third-order valence-electron chi connectivity index (χ3n) is 4.47. The Morgan fingerprint density at radius 3 is 2.89 bits per heavy atom. The molecule has 3 atom stereocenters. The average Bonchev–Trinajstić information content (AvgIpc) is 2.97. The maximum atomic E-state index is 10.8. The van der Waals surface area contributed by atoms with Crippen molar-refractivity contribution in [1.82, 2.24) is 4.98 Å². The number of aromatic nitrogens is 1. The van der Waals surface area contributed by atoms with E-state index in [1.165, 1.54) is 37.8 Å². The zero-order valence-electron chi connectivity index (χ0n) is 10.7. The number of nitro groups is 1. The fourth-order valence-electron chi connectivity index (χ4n) is 3.59. The van der Waals surface area contributed by atoms with Crippen LogP contribution in [0.25, 0.3) is 0 Å². The van der Waals surface area contributed by atoms with Gasteiger partial charge in [-0.3, -0.25) is 10.1 Å². The second-order valence-corrected chi connectivity index (χ2v) is 5.71. The summed E-state index contributed by atoms with van der Waals surface area (Å²) in [6.45, 7) is 0.842. The highest BCUT2D eigenvalue weighted by Gasteiger charge is 2.39. The summed E-state index contributed by atoms with van der Waals surface area (Å²) in [5.41, 5.74) is 5.57. The molecule has 1 aromatic heterocycles. The molecular weight excluding hydrogens is 244 g/mol. The van der Waals surface area contributed by atoms with Crippen LogP contribution in [0.15, 0.2) is 12.1 Å². The van der Waals surface area contributed by atoms with Gasteiger partial charge in [0.1, 0.15) is 11.6 Å². The van der Waals surface area contributed by atoms with Crippen molar-refractivity contribution in [3.05, 3.63) is 22.2 Å². The Morgan fingerprint density at radius 2 is 2.26 bits per heavy atom. The molecule has 3 N–H and O–H groups in total. The highest BCUT2D eigenvalue weighted by atomic mass is 16.6. The summed E-state index contributed by atoms with van der Waals surface area (Å²) in [5, 5.41) is 14.0. The van der Waals surface area contributed by atoms with Crippen LogP contribution in [-0.2, 0) is 0 Å². The van der Waals surface area contributed by atoms with E-state index in [9.17, 15) is 10.1 Å². The third-order valence-corrected chi connectivity index (χ3v) is 4.47. The van der Waals surface area contributed by atoms with E-state index in [0.29, 0.717) is 11.7 Å². The summed E-state index contributed by atoms with van der Waals surface area (Å²) in [4.78, 5) is 14.4. The number of nitrogens with two attached hydrogens (primary N) is 1. The summed E-state index contributed by atoms with van der Waals surface area (Å²) >= 11 is 0. The Labute approximate surface area is 111 Å². The van der Waals surface area contributed by atoms with Gasteiger partial charge in [-0.2, -0.15) is 0 Å². The van der Waals surface area contributed by atoms with Gasteiger partial charge in [-0.15, -0.1) is 0 Å². The van der Waals surface area contributed by atoms with Gasteiger partial charge in [-0.05, 0) is 37.0 Å². The number of hydrogen-bond donors (Lipinski definition) is 2. The molecule has 0 radical (unpaired) electrons. The summed E-state index contributed by atoms with van der Waals surface area (Å²) < 4.78 is 0. The highest BCUT2D eigenvalue weighted by molar-refractivity contribution is 5.52. The first-order valence-electron chi connectivity index (χ1n) is 6.77. The van der Waals surface area contributed by atoms with E-state index >= 15 is 0 Å². The fraction of sp³-hybridized carbons (Fsp3) is 0.615. The number of pyridine rings is 1. The zero-order chi connectivity index (χ0) is 13.4. The molecule has 0 amide bonds. The number of nitrogen functional groups attached to an aromatic ring is 1. The number of rotatable bonds is 4. The molecule has 0 aromatic carbocycles. The minimum absolute atomic E-state index is 0.0112. The molecule has 19 heavy (non-hydrogen) atoms. The summed E-state index contributed by atoms with van der Waals surface area (Å²) in [6, 6.07) is 2.73. The van der Waals surface area contributed by atoms with Crippen molar-refractivity contribution >= 4 is 17.3 Å². The number of nitrogens with one attached hydrogen (secondary N) is 1. The van der Waals surface area contributed by atoms with Gasteiger partial charge in [0.15, 0.2) is 0 Å². The minimum atomic E-state index is -0.444. The maximum absolute atomic E-state index is 10.8. The van der Waals surface area contributed by atoms with Crippen molar-refractivity contribution in [2.45, 2.75) is 25.7 Å². The molecule has 0 saturated heterocycles. The van der Waals surface area contributed by atoms with Crippen molar-refractivity contribution < 1.29 is 4.92 Å². The quantitative estimate of drug-likeness (QED) is 0.642. The fourth-order valence-corrected chi connectivity index (χ4v) is 3.59. The Morgan fingerprint density at radius 1 is 1.42 bits per heavy atom. The van der Waals surface area contributed by atoms with Crippen LogP contribution in [-0.4, -0.2) is 16.5 Å². The molecule has 2 aliphatic carbocycles. The molecule has 1 aromatic rings. The van der Waals surface area contributed by atoms with Crippen LogP contribution >= 0.6 is 0 Å². The Balaban J connectivity index is 1.65. The molecule has 0 aliphatic heterocycles. The minimum Gasteiger partial charge on any atom is -0.383 e. The number of fused-ring (bicyclic) bond motifs is 2. The van der Waals surface area contributed by atoms with Crippen LogP contribution < -0.4 is 11.1 Å². The predicted octanol–water partition coefficient (Wildman–Crippen LogP) is 2.42. The van der Waals surface area contributed by atoms with Crippen molar-refractivity contribution in [2.24, 2.45) is 17.8 Å². The van der Waals surface area contributed by atoms with Crippen LogP contribution in [0.2, 0.25) is 0 Å². The Kier molecular flexibility index (Phi) is 3.00. The van der Waals surface area contributed by atoms with E-state index < -0.39 is 4.92 Å². The SMILES string of the molecule is Nc1cc([N+](=O)[O-])cc(NCC2CC3CCC2C3)n1. The molecule has 2 saturated carbocycles. The van der Waals surface area contributed by atoms with Crippen LogP contribution in [0.5, 0.6) is 0 Å². The molecule has 6 heteroatoms. The molecule has 3 rings (SSSR count). The van der Waals surface area contributed by atoms with Gasteiger partial charge in [-0.25, -0.2) is 4.98 Å². The van der Waals surface area contributed by atoms with Gasteiger partial charge in [0, 0.05) is 6.54 Å². The molecular formula is C13H18N4O2. The van der Waals surface area contributed by atoms with E-state index in [-0.39, 0.29) is 11.5 Å². The lowest BCUT2D eigenvalue weighted by molar-refractivity contribution is -0.384. The van der Waals surface area contributed by atoms with E-state index in [4.69, 9.17) is 5.73 Å². The van der Waals surface area contributed by atoms with Crippen LogP contribution in [0, 0.1) is 27.9 Å². The van der Waals surface area contributed by atoms with Crippen molar-refractivity contribution in [3.63, 3.8) is 0 Å². The van der Waals surface area contributed by atoms with Crippen molar-refractivity contribution in [1.29, 1.82) is 0 Å². The lowest BCUT2D eigenvalue weighted by Gasteiger charge is -2.22. The first kappa shape index (κ1) is 12.2. The van der Waals surface area contributed by atoms with Crippen LogP contribution in [0.1, 0.15) is 25.7 Å². The molecule has 102 valence electrons. The van der Waals surface area contributed by atoms with Crippen molar-refractivity contribution in [3.8, 4) is 0 Å². The van der Waals surface area contributed by atoms with E-state index in [0.717, 1.165) is 18.4 Å². The van der Waals surface area contributed by atoms with Gasteiger partial charge >= 0.3 is 0 Å². The first-order chi connectivity index (χ1) is 9.11. The highest BCUT2D eigenvalue weighted by Crippen LogP contribution is 2.48. The second kappa shape index (κ2) is 4.68. The van der Waals surface area contributed by atoms with Crippen molar-refractivity contribution in [2.75, 3.05) is 17.6 Å². The van der Waals surface area contributed by atoms with Gasteiger partial charge in [0.25, 0.3) is 5.69 Å². The molecule has 1 heterocycles. The van der Waals surface area contributed by atoms with Crippen LogP contribution in [0.4, 0.5) is 17.3 Å². The molecule has 2 bridgehead atoms. The van der Waals surface area contributed by atoms with Gasteiger partial charge in [0.05, 0.1) is 17.1 Å². The third kappa shape index (κ3) is 2.47. The molecule has 0 spiro atoms. The monoisotopic (exact) mass is 262 g/mol. The molecule has 2 fully saturated rings. The average molecular weight is 262 g/mol. The van der Waals surface area contributed by atoms with Crippen LogP contribution in [0.3, 0.4) is 0 Å². The number of anilines is 2. The van der Waals surface area contributed by atoms with E-state index in [1.807, 2.05) is 0 Å². The van der Waals surface area contributed by atoms with Gasteiger partial charge in [0.2, 0.25) is 0 Å². The summed E-state index contributed by atoms with van der Waals surface area (Å²) in [7, 11) is 0. The first-order valence-corrected chi connectivity index (χ1v) is 6.77. The van der Waals surface area contributed by atoms with Gasteiger partial charge in [-0.1, -0.05) is 6.42 Å². The topological polar surface area (TPSA) is 94.1 Å². The van der Waals surface area contributed by atoms with E-state index in [1.54, 1.807) is 0 Å². The lowest BCUT2D eigenvalue weighted by atomic mass is 9.89. The normalized spacial score (nSPS) is 28.5. The zero-order valence-corrected chi connectivity index (χ0v) is 10.7.